The van der Waals surface area contributed by atoms with E-state index in [1.807, 2.05) is 30.3 Å². The van der Waals surface area contributed by atoms with Gasteiger partial charge in [0, 0.05) is 12.1 Å². The van der Waals surface area contributed by atoms with E-state index in [1.54, 1.807) is 6.07 Å². The Morgan fingerprint density at radius 2 is 1.93 bits per heavy atom. The highest BCUT2D eigenvalue weighted by Crippen LogP contribution is 2.30. The number of aromatic nitrogens is 2. The number of aldehydes is 1. The van der Waals surface area contributed by atoms with E-state index in [2.05, 4.69) is 5.10 Å². The van der Waals surface area contributed by atoms with Gasteiger partial charge >= 0.3 is 0 Å². The molecule has 0 bridgehead atoms. The van der Waals surface area contributed by atoms with Crippen LogP contribution in [0.3, 0.4) is 0 Å². The van der Waals surface area contributed by atoms with Crippen LogP contribution in [0.15, 0.2) is 48.5 Å². The minimum absolute atomic E-state index is 0.0470. The maximum Gasteiger partial charge on any atom is 0.279 e. The molecule has 0 saturated carbocycles. The highest BCUT2D eigenvalue weighted by atomic mass is 35.5. The number of hydrogen-bond donors (Lipinski definition) is 0. The summed E-state index contributed by atoms with van der Waals surface area (Å²) < 4.78 is 15.9. The second-order valence-electron chi connectivity index (χ2n) is 6.25. The van der Waals surface area contributed by atoms with Crippen LogP contribution < -0.4 is 4.90 Å². The molecule has 4 rings (SSSR count). The minimum atomic E-state index is -0.643. The van der Waals surface area contributed by atoms with E-state index in [0.717, 1.165) is 11.8 Å². The van der Waals surface area contributed by atoms with Crippen molar-refractivity contribution in [3.63, 3.8) is 0 Å². The first-order chi connectivity index (χ1) is 13.1. The molecule has 0 unspecified atom stereocenters. The second-order valence-corrected chi connectivity index (χ2v) is 6.66. The topological polar surface area (TPSA) is 55.2 Å². The van der Waals surface area contributed by atoms with Crippen molar-refractivity contribution in [1.29, 1.82) is 0 Å². The lowest BCUT2D eigenvalue weighted by molar-refractivity contribution is 0.0974. The van der Waals surface area contributed by atoms with E-state index >= 15 is 0 Å². The lowest BCUT2D eigenvalue weighted by atomic mass is 10.0. The fraction of sp³-hybridized carbons (Fsp3) is 0.150. The van der Waals surface area contributed by atoms with Crippen LogP contribution in [0.1, 0.15) is 32.1 Å². The van der Waals surface area contributed by atoms with Gasteiger partial charge in [-0.05, 0) is 24.1 Å². The lowest BCUT2D eigenvalue weighted by Crippen LogP contribution is -2.38. The number of rotatable bonds is 4. The Balaban J connectivity index is 1.73. The first-order valence-electron chi connectivity index (χ1n) is 8.45. The molecule has 3 aromatic rings. The van der Waals surface area contributed by atoms with Crippen molar-refractivity contribution in [3.8, 4) is 0 Å². The van der Waals surface area contributed by atoms with Gasteiger partial charge in [0.15, 0.2) is 17.8 Å². The van der Waals surface area contributed by atoms with Gasteiger partial charge in [-0.1, -0.05) is 48.0 Å². The van der Waals surface area contributed by atoms with E-state index in [-0.39, 0.29) is 22.9 Å². The van der Waals surface area contributed by atoms with Crippen LogP contribution in [0, 0.1) is 5.82 Å². The van der Waals surface area contributed by atoms with Gasteiger partial charge in [0.25, 0.3) is 5.91 Å². The van der Waals surface area contributed by atoms with Crippen LogP contribution in [0.4, 0.5) is 10.1 Å². The number of carbonyl (C=O) groups excluding carboxylic acids is 2. The van der Waals surface area contributed by atoms with Crippen LogP contribution in [0.2, 0.25) is 5.02 Å². The zero-order valence-electron chi connectivity index (χ0n) is 14.2. The molecular formula is C20H15ClFN3O2. The van der Waals surface area contributed by atoms with Gasteiger partial charge < -0.3 is 4.90 Å². The second kappa shape index (κ2) is 6.96. The number of anilines is 1. The molecule has 0 radical (unpaired) electrons. The molecule has 1 aromatic heterocycles. The standard InChI is InChI=1S/C20H15ClFN3O2/c21-15-7-4-8-16(18(15)22)24-10-9-14-17(12-26)25(23-19(14)20(24)27)11-13-5-2-1-3-6-13/h1-8,12H,9-11H2. The molecule has 1 aliphatic rings. The Bertz CT molecular complexity index is 1030. The maximum absolute atomic E-state index is 14.4. The third kappa shape index (κ3) is 3.02. The third-order valence-electron chi connectivity index (χ3n) is 4.64. The van der Waals surface area contributed by atoms with Crippen molar-refractivity contribution in [1.82, 2.24) is 9.78 Å². The fourth-order valence-corrected chi connectivity index (χ4v) is 3.49. The quantitative estimate of drug-likeness (QED) is 0.645. The van der Waals surface area contributed by atoms with Crippen LogP contribution >= 0.6 is 11.6 Å². The van der Waals surface area contributed by atoms with Crippen molar-refractivity contribution >= 4 is 29.5 Å². The summed E-state index contributed by atoms with van der Waals surface area (Å²) in [6.07, 6.45) is 1.13. The van der Waals surface area contributed by atoms with Gasteiger partial charge in [0.1, 0.15) is 5.69 Å². The molecule has 1 amide bonds. The Labute approximate surface area is 160 Å². The predicted octanol–water partition coefficient (Wildman–Crippen LogP) is 3.74. The number of carbonyl (C=O) groups is 2. The average molecular weight is 384 g/mol. The fourth-order valence-electron chi connectivity index (χ4n) is 3.32. The van der Waals surface area contributed by atoms with Gasteiger partial charge in [-0.15, -0.1) is 0 Å². The molecule has 27 heavy (non-hydrogen) atoms. The molecule has 5 nitrogen and oxygen atoms in total. The Hall–Kier alpha value is -2.99. The highest BCUT2D eigenvalue weighted by molar-refractivity contribution is 6.31. The number of fused-ring (bicyclic) bond motifs is 1. The Kier molecular flexibility index (Phi) is 4.49. The van der Waals surface area contributed by atoms with Crippen molar-refractivity contribution in [2.75, 3.05) is 11.4 Å². The van der Waals surface area contributed by atoms with Crippen LogP contribution in [-0.2, 0) is 13.0 Å². The largest absolute Gasteiger partial charge is 0.304 e. The van der Waals surface area contributed by atoms with Gasteiger partial charge in [-0.2, -0.15) is 5.10 Å². The van der Waals surface area contributed by atoms with Gasteiger partial charge in [0.05, 0.1) is 17.3 Å². The van der Waals surface area contributed by atoms with Crippen LogP contribution in [0.25, 0.3) is 0 Å². The summed E-state index contributed by atoms with van der Waals surface area (Å²) in [5.74, 6) is -1.08. The number of halogens is 2. The van der Waals surface area contributed by atoms with Gasteiger partial charge in [-0.3, -0.25) is 14.3 Å². The molecule has 2 aromatic carbocycles. The van der Waals surface area contributed by atoms with E-state index in [0.29, 0.717) is 24.2 Å². The summed E-state index contributed by atoms with van der Waals surface area (Å²) in [6.45, 7) is 0.627. The SMILES string of the molecule is O=Cc1c2c(nn1Cc1ccccc1)C(=O)N(c1cccc(Cl)c1F)CC2. The van der Waals surface area contributed by atoms with Crippen molar-refractivity contribution in [3.05, 3.63) is 81.9 Å². The number of amides is 1. The Morgan fingerprint density at radius 3 is 2.67 bits per heavy atom. The number of benzene rings is 2. The molecule has 0 N–H and O–H groups in total. The van der Waals surface area contributed by atoms with Gasteiger partial charge in [0.2, 0.25) is 0 Å². The normalized spacial score (nSPS) is 13.6. The molecule has 0 aliphatic carbocycles. The van der Waals surface area contributed by atoms with Crippen molar-refractivity contribution in [2.45, 2.75) is 13.0 Å². The minimum Gasteiger partial charge on any atom is -0.304 e. The van der Waals surface area contributed by atoms with Crippen molar-refractivity contribution < 1.29 is 14.0 Å². The molecule has 0 spiro atoms. The summed E-state index contributed by atoms with van der Waals surface area (Å²) in [6, 6.07) is 14.1. The first-order valence-corrected chi connectivity index (χ1v) is 8.82. The zero-order chi connectivity index (χ0) is 19.0. The highest BCUT2D eigenvalue weighted by Gasteiger charge is 2.33. The molecule has 2 heterocycles. The average Bonchev–Trinajstić information content (AvgIpc) is 3.03. The molecule has 0 fully saturated rings. The van der Waals surface area contributed by atoms with E-state index in [1.165, 1.54) is 21.7 Å². The monoisotopic (exact) mass is 383 g/mol. The van der Waals surface area contributed by atoms with Crippen LogP contribution in [0.5, 0.6) is 0 Å². The molecule has 0 atom stereocenters. The molecule has 1 aliphatic heterocycles. The summed E-state index contributed by atoms with van der Waals surface area (Å²) in [5.41, 5.74) is 2.24. The number of hydrogen-bond acceptors (Lipinski definition) is 3. The lowest BCUT2D eigenvalue weighted by Gasteiger charge is -2.26. The summed E-state index contributed by atoms with van der Waals surface area (Å²) in [4.78, 5) is 25.9. The maximum atomic E-state index is 14.4. The predicted molar refractivity (Wildman–Crippen MR) is 99.9 cm³/mol. The van der Waals surface area contributed by atoms with Crippen molar-refractivity contribution in [2.24, 2.45) is 0 Å². The Morgan fingerprint density at radius 1 is 1.15 bits per heavy atom. The first kappa shape index (κ1) is 17.4. The summed E-state index contributed by atoms with van der Waals surface area (Å²) >= 11 is 5.84. The van der Waals surface area contributed by atoms with E-state index in [4.69, 9.17) is 11.6 Å². The summed E-state index contributed by atoms with van der Waals surface area (Å²) in [5, 5.41) is 4.32. The molecule has 136 valence electrons. The van der Waals surface area contributed by atoms with E-state index < -0.39 is 11.7 Å². The van der Waals surface area contributed by atoms with Crippen LogP contribution in [-0.4, -0.2) is 28.5 Å². The zero-order valence-corrected chi connectivity index (χ0v) is 15.0. The third-order valence-corrected chi connectivity index (χ3v) is 4.93. The smallest absolute Gasteiger partial charge is 0.279 e. The van der Waals surface area contributed by atoms with Gasteiger partial charge in [-0.25, -0.2) is 4.39 Å². The summed E-state index contributed by atoms with van der Waals surface area (Å²) in [7, 11) is 0. The molecule has 7 heteroatoms. The number of nitrogens with zero attached hydrogens (tertiary/aromatic N) is 3. The molecule has 0 saturated heterocycles. The van der Waals surface area contributed by atoms with E-state index in [9.17, 15) is 14.0 Å². The molecular weight excluding hydrogens is 369 g/mol.